The molecule has 0 spiro atoms. The van der Waals surface area contributed by atoms with Crippen LogP contribution in [0.4, 0.5) is 0 Å². The van der Waals surface area contributed by atoms with Gasteiger partial charge < -0.3 is 4.42 Å². The van der Waals surface area contributed by atoms with Crippen LogP contribution in [-0.4, -0.2) is 9.97 Å². The second-order valence-corrected chi connectivity index (χ2v) is 16.0. The van der Waals surface area contributed by atoms with E-state index >= 15 is 0 Å². The number of furan rings is 1. The number of aromatic nitrogens is 2. The third-order valence-corrected chi connectivity index (χ3v) is 12.6. The molecule has 0 unspecified atom stereocenters. The summed E-state index contributed by atoms with van der Waals surface area (Å²) in [5.74, 6) is 0.671. The summed E-state index contributed by atoms with van der Waals surface area (Å²) < 4.78 is 7.14. The molecular weight excluding hydrogens is 741 g/mol. The molecule has 0 saturated heterocycles. The van der Waals surface area contributed by atoms with Crippen molar-refractivity contribution in [1.29, 1.82) is 0 Å². The second-order valence-electron chi connectivity index (χ2n) is 16.0. The summed E-state index contributed by atoms with van der Waals surface area (Å²) in [5, 5.41) is 16.1. The summed E-state index contributed by atoms with van der Waals surface area (Å²) in [6.45, 7) is 0. The van der Waals surface area contributed by atoms with Gasteiger partial charge in [0.1, 0.15) is 11.2 Å². The molecule has 0 radical (unpaired) electrons. The maximum Gasteiger partial charge on any atom is 0.160 e. The topological polar surface area (TPSA) is 38.9 Å². The van der Waals surface area contributed by atoms with Crippen molar-refractivity contribution in [1.82, 2.24) is 9.97 Å². The Labute approximate surface area is 350 Å². The minimum absolute atomic E-state index is 0.671. The van der Waals surface area contributed by atoms with Crippen molar-refractivity contribution >= 4 is 86.6 Å². The third kappa shape index (κ3) is 5.24. The van der Waals surface area contributed by atoms with Gasteiger partial charge in [0.05, 0.1) is 11.4 Å². The van der Waals surface area contributed by atoms with Crippen molar-refractivity contribution in [2.45, 2.75) is 0 Å². The van der Waals surface area contributed by atoms with Gasteiger partial charge in [-0.15, -0.1) is 0 Å². The fourth-order valence-corrected chi connectivity index (χ4v) is 9.78. The first-order chi connectivity index (χ1) is 30.2. The highest BCUT2D eigenvalue weighted by molar-refractivity contribution is 6.34. The van der Waals surface area contributed by atoms with Crippen molar-refractivity contribution in [3.05, 3.63) is 206 Å². The molecule has 3 nitrogen and oxygen atoms in total. The number of hydrogen-bond donors (Lipinski definition) is 0. The van der Waals surface area contributed by atoms with E-state index in [9.17, 15) is 0 Å². The fraction of sp³-hybridized carbons (Fsp3) is 0. The lowest BCUT2D eigenvalue weighted by molar-refractivity contribution is 0.673. The van der Waals surface area contributed by atoms with Crippen molar-refractivity contribution in [2.75, 3.05) is 0 Å². The summed E-state index contributed by atoms with van der Waals surface area (Å²) in [6, 6.07) is 73.8. The van der Waals surface area contributed by atoms with E-state index in [4.69, 9.17) is 14.4 Å². The molecule has 2 aromatic heterocycles. The molecule has 0 aliphatic heterocycles. The molecule has 282 valence electrons. The van der Waals surface area contributed by atoms with Crippen molar-refractivity contribution in [3.63, 3.8) is 0 Å². The Morgan fingerprint density at radius 1 is 0.295 bits per heavy atom. The Balaban J connectivity index is 1.18. The van der Waals surface area contributed by atoms with Gasteiger partial charge in [-0.3, -0.25) is 0 Å². The summed E-state index contributed by atoms with van der Waals surface area (Å²) in [6.07, 6.45) is 0. The molecule has 0 saturated carbocycles. The van der Waals surface area contributed by atoms with Crippen LogP contribution in [0.1, 0.15) is 0 Å². The number of fused-ring (bicyclic) bond motifs is 13. The zero-order valence-electron chi connectivity index (χ0n) is 32.9. The van der Waals surface area contributed by atoms with Crippen molar-refractivity contribution < 1.29 is 4.42 Å². The van der Waals surface area contributed by atoms with Crippen LogP contribution in [0.2, 0.25) is 0 Å². The highest BCUT2D eigenvalue weighted by Gasteiger charge is 2.23. The average molecular weight is 775 g/mol. The van der Waals surface area contributed by atoms with E-state index in [1.54, 1.807) is 0 Å². The van der Waals surface area contributed by atoms with Crippen LogP contribution in [0.5, 0.6) is 0 Å². The predicted molar refractivity (Wildman–Crippen MR) is 256 cm³/mol. The lowest BCUT2D eigenvalue weighted by Crippen LogP contribution is -1.97. The molecule has 0 bridgehead atoms. The highest BCUT2D eigenvalue weighted by atomic mass is 16.3. The first-order valence-electron chi connectivity index (χ1n) is 20.8. The van der Waals surface area contributed by atoms with Crippen LogP contribution in [-0.2, 0) is 0 Å². The predicted octanol–water partition coefficient (Wildman–Crippen LogP) is 16.0. The van der Waals surface area contributed by atoms with Gasteiger partial charge in [-0.2, -0.15) is 0 Å². The SMILES string of the molecule is c1ccc(-c2ccc(-c3cc(-c4cc5c6ccccc6c6ccccc6c5c5oc6cc7ccccc7cc6c45)nc(-c4ccc5ccccc5c4)n3)c3ccccc23)cc1. The molecule has 0 aliphatic carbocycles. The smallest absolute Gasteiger partial charge is 0.160 e. The van der Waals surface area contributed by atoms with E-state index in [1.165, 1.54) is 43.4 Å². The average Bonchev–Trinajstić information content (AvgIpc) is 3.70. The summed E-state index contributed by atoms with van der Waals surface area (Å²) in [7, 11) is 0. The molecule has 13 aromatic rings. The Morgan fingerprint density at radius 3 is 1.57 bits per heavy atom. The number of nitrogens with zero attached hydrogens (tertiary/aromatic N) is 2. The lowest BCUT2D eigenvalue weighted by Gasteiger charge is -2.16. The molecule has 13 rings (SSSR count). The van der Waals surface area contributed by atoms with Crippen LogP contribution < -0.4 is 0 Å². The molecule has 2 heterocycles. The maximum atomic E-state index is 7.14. The van der Waals surface area contributed by atoms with Crippen LogP contribution in [0, 0.1) is 0 Å². The first kappa shape index (κ1) is 33.8. The van der Waals surface area contributed by atoms with Crippen LogP contribution in [0.25, 0.3) is 132 Å². The van der Waals surface area contributed by atoms with Gasteiger partial charge in [-0.25, -0.2) is 9.97 Å². The molecular formula is C58H34N2O. The van der Waals surface area contributed by atoms with E-state index in [1.807, 2.05) is 0 Å². The molecule has 61 heavy (non-hydrogen) atoms. The zero-order chi connectivity index (χ0) is 40.0. The molecule has 0 fully saturated rings. The first-order valence-corrected chi connectivity index (χ1v) is 20.8. The number of benzene rings is 11. The molecule has 0 atom stereocenters. The highest BCUT2D eigenvalue weighted by Crippen LogP contribution is 2.47. The zero-order valence-corrected chi connectivity index (χ0v) is 32.9. The Bertz CT molecular complexity index is 3940. The van der Waals surface area contributed by atoms with Gasteiger partial charge in [-0.05, 0) is 101 Å². The van der Waals surface area contributed by atoms with Crippen LogP contribution in [0.3, 0.4) is 0 Å². The fourth-order valence-electron chi connectivity index (χ4n) is 9.78. The number of hydrogen-bond acceptors (Lipinski definition) is 3. The van der Waals surface area contributed by atoms with Gasteiger partial charge in [0.2, 0.25) is 0 Å². The summed E-state index contributed by atoms with van der Waals surface area (Å²) >= 11 is 0. The normalized spacial score (nSPS) is 11.9. The van der Waals surface area contributed by atoms with Gasteiger partial charge in [-0.1, -0.05) is 176 Å². The second kappa shape index (κ2) is 13.2. The Hall–Kier alpha value is -8.14. The summed E-state index contributed by atoms with van der Waals surface area (Å²) in [5.41, 5.74) is 8.81. The van der Waals surface area contributed by atoms with E-state index in [0.717, 1.165) is 82.3 Å². The monoisotopic (exact) mass is 774 g/mol. The van der Waals surface area contributed by atoms with Gasteiger partial charge in [0, 0.05) is 32.8 Å². The minimum atomic E-state index is 0.671. The van der Waals surface area contributed by atoms with Gasteiger partial charge in [0.25, 0.3) is 0 Å². The molecule has 0 aliphatic rings. The largest absolute Gasteiger partial charge is 0.455 e. The van der Waals surface area contributed by atoms with Gasteiger partial charge in [0.15, 0.2) is 5.82 Å². The standard InChI is InChI=1S/C58H34N2O/c1-2-15-36(16-3-1)41-28-29-47(44-22-10-8-20-42(41)44)52-34-53(60-58(59-52)40-27-26-35-14-4-5-17-37(35)30-40)50-33-49-46-24-11-9-21-43(46)45-23-12-13-25-48(45)55(49)57-56(50)51-31-38-18-6-7-19-39(38)32-54(51)61-57/h1-34H. The third-order valence-electron chi connectivity index (χ3n) is 12.6. The maximum absolute atomic E-state index is 7.14. The van der Waals surface area contributed by atoms with E-state index < -0.39 is 0 Å². The molecule has 3 heteroatoms. The number of rotatable bonds is 4. The Morgan fingerprint density at radius 2 is 0.836 bits per heavy atom. The van der Waals surface area contributed by atoms with E-state index in [0.29, 0.717) is 5.82 Å². The van der Waals surface area contributed by atoms with E-state index in [2.05, 4.69) is 206 Å². The molecule has 0 amide bonds. The molecule has 0 N–H and O–H groups in total. The van der Waals surface area contributed by atoms with Crippen molar-refractivity contribution in [3.8, 4) is 45.0 Å². The Kier molecular flexibility index (Phi) is 7.31. The van der Waals surface area contributed by atoms with Crippen molar-refractivity contribution in [2.24, 2.45) is 0 Å². The summed E-state index contributed by atoms with van der Waals surface area (Å²) in [4.78, 5) is 11.0. The van der Waals surface area contributed by atoms with Gasteiger partial charge >= 0.3 is 0 Å². The van der Waals surface area contributed by atoms with Crippen LogP contribution >= 0.6 is 0 Å². The quantitative estimate of drug-likeness (QED) is 0.167. The molecule has 11 aromatic carbocycles. The minimum Gasteiger partial charge on any atom is -0.455 e. The van der Waals surface area contributed by atoms with E-state index in [-0.39, 0.29) is 0 Å². The van der Waals surface area contributed by atoms with Crippen LogP contribution in [0.15, 0.2) is 211 Å². The lowest BCUT2D eigenvalue weighted by atomic mass is 9.89.